The Morgan fingerprint density at radius 3 is 2.17 bits per heavy atom. The van der Waals surface area contributed by atoms with Gasteiger partial charge >= 0.3 is 0 Å². The molecule has 12 heavy (non-hydrogen) atoms. The Labute approximate surface area is 71.2 Å². The minimum Gasteiger partial charge on any atom is -0.392 e. The fraction of sp³-hybridized carbons (Fsp3) is 0.600. The summed E-state index contributed by atoms with van der Waals surface area (Å²) in [6.45, 7) is 0. The standard InChI is InChI=1S/C10H12O2/c11-8-4-3-5-6-1-2-7(9(5)8)10(6)12/h1-12H/t5-,6+,7+,8-,9-,10-/m1/s1. The summed E-state index contributed by atoms with van der Waals surface area (Å²) >= 11 is 0. The van der Waals surface area contributed by atoms with Crippen LogP contribution >= 0.6 is 0 Å². The molecule has 0 saturated heterocycles. The van der Waals surface area contributed by atoms with E-state index in [2.05, 4.69) is 18.2 Å². The van der Waals surface area contributed by atoms with Crippen molar-refractivity contribution in [2.24, 2.45) is 23.7 Å². The first-order valence-electron chi connectivity index (χ1n) is 4.52. The molecule has 3 aliphatic carbocycles. The van der Waals surface area contributed by atoms with Crippen LogP contribution in [0.4, 0.5) is 0 Å². The molecule has 64 valence electrons. The molecule has 0 spiro atoms. The van der Waals surface area contributed by atoms with Gasteiger partial charge in [0.15, 0.2) is 0 Å². The molecule has 0 aromatic carbocycles. The van der Waals surface area contributed by atoms with Crippen LogP contribution in [0, 0.1) is 23.7 Å². The molecule has 0 unspecified atom stereocenters. The Morgan fingerprint density at radius 1 is 0.750 bits per heavy atom. The molecular weight excluding hydrogens is 152 g/mol. The molecule has 6 atom stereocenters. The smallest absolute Gasteiger partial charge is 0.0761 e. The predicted molar refractivity (Wildman–Crippen MR) is 44.3 cm³/mol. The molecule has 3 aliphatic rings. The summed E-state index contributed by atoms with van der Waals surface area (Å²) in [5.41, 5.74) is 0. The van der Waals surface area contributed by atoms with Crippen LogP contribution in [0.1, 0.15) is 0 Å². The number of hydrogen-bond donors (Lipinski definition) is 2. The zero-order valence-corrected chi connectivity index (χ0v) is 6.67. The Bertz CT molecular complexity index is 269. The zero-order chi connectivity index (χ0) is 8.29. The lowest BCUT2D eigenvalue weighted by Crippen LogP contribution is -2.25. The number of hydrogen-bond acceptors (Lipinski definition) is 2. The summed E-state index contributed by atoms with van der Waals surface area (Å²) in [6.07, 6.45) is 7.52. The first kappa shape index (κ1) is 6.87. The molecule has 2 N–H and O–H groups in total. The molecule has 0 aliphatic heterocycles. The minimum absolute atomic E-state index is 0.199. The van der Waals surface area contributed by atoms with E-state index in [0.29, 0.717) is 5.92 Å². The summed E-state index contributed by atoms with van der Waals surface area (Å²) in [6, 6.07) is 0. The second-order valence-electron chi connectivity index (χ2n) is 4.06. The van der Waals surface area contributed by atoms with E-state index < -0.39 is 0 Å². The van der Waals surface area contributed by atoms with Crippen LogP contribution < -0.4 is 0 Å². The third kappa shape index (κ3) is 0.595. The number of fused-ring (bicyclic) bond motifs is 5. The van der Waals surface area contributed by atoms with Crippen molar-refractivity contribution in [2.75, 3.05) is 0 Å². The number of aliphatic hydroxyl groups excluding tert-OH is 2. The van der Waals surface area contributed by atoms with Gasteiger partial charge in [-0.3, -0.25) is 0 Å². The summed E-state index contributed by atoms with van der Waals surface area (Å²) in [5.74, 6) is 1.12. The van der Waals surface area contributed by atoms with Gasteiger partial charge in [0.05, 0.1) is 12.2 Å². The van der Waals surface area contributed by atoms with Crippen molar-refractivity contribution < 1.29 is 10.2 Å². The fourth-order valence-corrected chi connectivity index (χ4v) is 3.05. The molecule has 1 saturated carbocycles. The highest BCUT2D eigenvalue weighted by atomic mass is 16.3. The van der Waals surface area contributed by atoms with Gasteiger partial charge in [0.2, 0.25) is 0 Å². The van der Waals surface area contributed by atoms with Gasteiger partial charge in [-0.05, 0) is 5.92 Å². The molecule has 2 heteroatoms. The van der Waals surface area contributed by atoms with Crippen molar-refractivity contribution in [2.45, 2.75) is 12.2 Å². The maximum atomic E-state index is 9.74. The van der Waals surface area contributed by atoms with Gasteiger partial charge in [-0.15, -0.1) is 0 Å². The minimum atomic E-state index is -0.329. The quantitative estimate of drug-likeness (QED) is 0.506. The number of allylic oxidation sites excluding steroid dienone is 1. The molecule has 3 rings (SSSR count). The predicted octanol–water partition coefficient (Wildman–Crippen LogP) is 0.326. The van der Waals surface area contributed by atoms with Crippen LogP contribution in [0.5, 0.6) is 0 Å². The summed E-state index contributed by atoms with van der Waals surface area (Å²) in [5, 5.41) is 19.4. The maximum absolute atomic E-state index is 9.74. The van der Waals surface area contributed by atoms with Crippen LogP contribution in [0.2, 0.25) is 0 Å². The van der Waals surface area contributed by atoms with E-state index >= 15 is 0 Å². The monoisotopic (exact) mass is 164 g/mol. The highest BCUT2D eigenvalue weighted by Gasteiger charge is 2.53. The molecule has 2 nitrogen and oxygen atoms in total. The first-order chi connectivity index (χ1) is 5.79. The largest absolute Gasteiger partial charge is 0.392 e. The zero-order valence-electron chi connectivity index (χ0n) is 6.67. The molecule has 2 bridgehead atoms. The molecule has 0 amide bonds. The van der Waals surface area contributed by atoms with E-state index in [1.807, 2.05) is 6.08 Å². The Balaban J connectivity index is 2.03. The van der Waals surface area contributed by atoms with Crippen LogP contribution in [-0.2, 0) is 0 Å². The highest BCUT2D eigenvalue weighted by Crippen LogP contribution is 2.52. The summed E-state index contributed by atoms with van der Waals surface area (Å²) in [7, 11) is 0. The van der Waals surface area contributed by atoms with Gasteiger partial charge in [0, 0.05) is 17.8 Å². The van der Waals surface area contributed by atoms with Gasteiger partial charge in [0.1, 0.15) is 0 Å². The van der Waals surface area contributed by atoms with Gasteiger partial charge in [0.25, 0.3) is 0 Å². The Hall–Kier alpha value is -0.600. The summed E-state index contributed by atoms with van der Waals surface area (Å²) < 4.78 is 0. The first-order valence-corrected chi connectivity index (χ1v) is 4.52. The van der Waals surface area contributed by atoms with Crippen molar-refractivity contribution in [3.8, 4) is 0 Å². The third-order valence-electron chi connectivity index (χ3n) is 3.60. The molecule has 0 heterocycles. The van der Waals surface area contributed by atoms with Crippen LogP contribution in [0.25, 0.3) is 0 Å². The molecule has 1 fully saturated rings. The number of rotatable bonds is 0. The lowest BCUT2D eigenvalue weighted by Gasteiger charge is -2.21. The second-order valence-corrected chi connectivity index (χ2v) is 4.06. The average Bonchev–Trinajstić information content (AvgIpc) is 2.66. The van der Waals surface area contributed by atoms with E-state index in [0.717, 1.165) is 0 Å². The van der Waals surface area contributed by atoms with E-state index in [9.17, 15) is 10.2 Å². The lowest BCUT2D eigenvalue weighted by atomic mass is 9.84. The summed E-state index contributed by atoms with van der Waals surface area (Å²) in [4.78, 5) is 0. The van der Waals surface area contributed by atoms with Crippen molar-refractivity contribution >= 4 is 0 Å². The van der Waals surface area contributed by atoms with Gasteiger partial charge in [-0.1, -0.05) is 24.3 Å². The highest BCUT2D eigenvalue weighted by molar-refractivity contribution is 5.27. The van der Waals surface area contributed by atoms with E-state index in [1.54, 1.807) is 0 Å². The topological polar surface area (TPSA) is 40.5 Å². The Kier molecular flexibility index (Phi) is 1.15. The van der Waals surface area contributed by atoms with Gasteiger partial charge in [-0.25, -0.2) is 0 Å². The van der Waals surface area contributed by atoms with E-state index in [1.165, 1.54) is 0 Å². The molecule has 0 aromatic heterocycles. The molecule has 0 radical (unpaired) electrons. The van der Waals surface area contributed by atoms with Crippen LogP contribution in [-0.4, -0.2) is 22.4 Å². The second kappa shape index (κ2) is 2.01. The van der Waals surface area contributed by atoms with E-state index in [-0.39, 0.29) is 30.0 Å². The van der Waals surface area contributed by atoms with Gasteiger partial charge in [-0.2, -0.15) is 0 Å². The van der Waals surface area contributed by atoms with Crippen LogP contribution in [0.3, 0.4) is 0 Å². The molecular formula is C10H12O2. The fourth-order valence-electron chi connectivity index (χ4n) is 3.05. The van der Waals surface area contributed by atoms with Crippen molar-refractivity contribution in [1.82, 2.24) is 0 Å². The number of aliphatic hydroxyl groups is 2. The van der Waals surface area contributed by atoms with Crippen molar-refractivity contribution in [3.63, 3.8) is 0 Å². The lowest BCUT2D eigenvalue weighted by molar-refractivity contribution is 0.0966. The average molecular weight is 164 g/mol. The SMILES string of the molecule is O[C@@H]1[C@H]2C=C[C@H]1[C@H]1[C@@H]2C=C[C@H]1O. The third-order valence-corrected chi connectivity index (χ3v) is 3.60. The van der Waals surface area contributed by atoms with Crippen molar-refractivity contribution in [1.29, 1.82) is 0 Å². The van der Waals surface area contributed by atoms with Gasteiger partial charge < -0.3 is 10.2 Å². The molecule has 0 aromatic rings. The Morgan fingerprint density at radius 2 is 1.42 bits per heavy atom. The normalized spacial score (nSPS) is 59.8. The van der Waals surface area contributed by atoms with Crippen molar-refractivity contribution in [3.05, 3.63) is 24.3 Å². The maximum Gasteiger partial charge on any atom is 0.0761 e. The van der Waals surface area contributed by atoms with Crippen LogP contribution in [0.15, 0.2) is 24.3 Å². The van der Waals surface area contributed by atoms with E-state index in [4.69, 9.17) is 0 Å².